The molecule has 1 saturated heterocycles. The Labute approximate surface area is 125 Å². The summed E-state index contributed by atoms with van der Waals surface area (Å²) in [6.07, 6.45) is 2.22. The van der Waals surface area contributed by atoms with Crippen LogP contribution in [0.2, 0.25) is 0 Å². The fraction of sp³-hybridized carbons (Fsp3) is 0.917. The van der Waals surface area contributed by atoms with E-state index in [1.54, 1.807) is 0 Å². The van der Waals surface area contributed by atoms with Crippen molar-refractivity contribution in [2.75, 3.05) is 13.1 Å². The number of nitrogens with zero attached hydrogens (tertiary/aromatic N) is 1. The molecule has 0 bridgehead atoms. The van der Waals surface area contributed by atoms with E-state index in [-0.39, 0.29) is 40.6 Å². The Balaban J connectivity index is 0.00000144. The molecular weight excluding hydrogens is 229 g/mol. The fourth-order valence-corrected chi connectivity index (χ4v) is 2.56. The van der Waals surface area contributed by atoms with Gasteiger partial charge in [0.15, 0.2) is 0 Å². The van der Waals surface area contributed by atoms with Crippen LogP contribution in [0.1, 0.15) is 40.0 Å². The first-order valence-electron chi connectivity index (χ1n) is 5.96. The molecule has 5 heteroatoms. The Bertz CT molecular complexity index is 293. The summed E-state index contributed by atoms with van der Waals surface area (Å²) in [4.78, 5) is 12.1. The van der Waals surface area contributed by atoms with Crippen molar-refractivity contribution in [3.8, 4) is 0 Å². The normalized spacial score (nSPS) is 26.5. The second kappa shape index (κ2) is 5.08. The van der Waals surface area contributed by atoms with Crippen LogP contribution in [-0.2, 0) is 4.74 Å². The third-order valence-electron chi connectivity index (χ3n) is 3.63. The van der Waals surface area contributed by atoms with E-state index in [0.29, 0.717) is 19.2 Å². The van der Waals surface area contributed by atoms with Crippen LogP contribution in [0.5, 0.6) is 0 Å². The van der Waals surface area contributed by atoms with E-state index >= 15 is 0 Å². The van der Waals surface area contributed by atoms with Gasteiger partial charge in [-0.3, -0.25) is 0 Å². The largest absolute Gasteiger partial charge is 1.00 e. The first-order chi connectivity index (χ1) is 7.32. The summed E-state index contributed by atoms with van der Waals surface area (Å²) in [5.41, 5.74) is 0.166. The van der Waals surface area contributed by atoms with Crippen LogP contribution in [0.3, 0.4) is 0 Å². The summed E-state index contributed by atoms with van der Waals surface area (Å²) in [7, 11) is 0. The predicted molar refractivity (Wildman–Crippen MR) is 57.9 cm³/mol. The first kappa shape index (κ1) is 15.3. The van der Waals surface area contributed by atoms with Gasteiger partial charge in [-0.05, 0) is 40.0 Å². The molecule has 2 aliphatic rings. The number of piperidine rings is 1. The molecule has 17 heavy (non-hydrogen) atoms. The number of likely N-dealkylation sites (tertiary alicyclic amines) is 1. The molecule has 2 fully saturated rings. The molecule has 0 radical (unpaired) electrons. The average molecular weight is 249 g/mol. The Kier molecular flexibility index (Phi) is 4.57. The molecule has 0 aromatic rings. The van der Waals surface area contributed by atoms with E-state index < -0.39 is 6.09 Å². The monoisotopic (exact) mass is 249 g/mol. The number of hydrogen-bond donors (Lipinski definition) is 0. The molecule has 2 rings (SSSR count). The maximum Gasteiger partial charge on any atom is 1.00 e. The van der Waals surface area contributed by atoms with Crippen molar-refractivity contribution < 1.29 is 44.2 Å². The number of carbonyl (C=O) groups is 1. The van der Waals surface area contributed by atoms with Crippen molar-refractivity contribution in [3.63, 3.8) is 0 Å². The van der Waals surface area contributed by atoms with Crippen molar-refractivity contribution in [3.05, 3.63) is 0 Å². The first-order valence-corrected chi connectivity index (χ1v) is 5.96. The van der Waals surface area contributed by atoms with Gasteiger partial charge in [0, 0.05) is 18.5 Å². The number of carbonyl (C=O) groups excluding carboxylic acids is 1. The minimum absolute atomic E-state index is 0. The second-order valence-electron chi connectivity index (χ2n) is 6.04. The SMILES string of the molecule is CC(C)(C)OC1CC12CCN(C(=O)[O-])CC2.[Na+]. The second-order valence-corrected chi connectivity index (χ2v) is 6.04. The van der Waals surface area contributed by atoms with E-state index in [0.717, 1.165) is 19.3 Å². The number of ether oxygens (including phenoxy) is 1. The van der Waals surface area contributed by atoms with E-state index in [2.05, 4.69) is 20.8 Å². The summed E-state index contributed by atoms with van der Waals surface area (Å²) in [6.45, 7) is 7.40. The van der Waals surface area contributed by atoms with Gasteiger partial charge < -0.3 is 19.5 Å². The smallest absolute Gasteiger partial charge is 0.530 e. The van der Waals surface area contributed by atoms with Crippen LogP contribution in [-0.4, -0.2) is 35.8 Å². The van der Waals surface area contributed by atoms with Gasteiger partial charge in [0.25, 0.3) is 0 Å². The summed E-state index contributed by atoms with van der Waals surface area (Å²) >= 11 is 0. The van der Waals surface area contributed by atoms with Crippen LogP contribution in [0.25, 0.3) is 0 Å². The third kappa shape index (κ3) is 3.60. The van der Waals surface area contributed by atoms with Crippen molar-refractivity contribution in [2.45, 2.75) is 51.7 Å². The summed E-state index contributed by atoms with van der Waals surface area (Å²) < 4.78 is 5.96. The van der Waals surface area contributed by atoms with Crippen molar-refractivity contribution in [1.82, 2.24) is 4.90 Å². The number of hydrogen-bond acceptors (Lipinski definition) is 3. The van der Waals surface area contributed by atoms with Crippen LogP contribution in [0.4, 0.5) is 4.79 Å². The summed E-state index contributed by atoms with van der Waals surface area (Å²) in [5.74, 6) is 0. The Morgan fingerprint density at radius 3 is 2.29 bits per heavy atom. The van der Waals surface area contributed by atoms with Gasteiger partial charge in [0.2, 0.25) is 0 Å². The van der Waals surface area contributed by atoms with E-state index in [1.165, 1.54) is 4.90 Å². The number of carboxylic acid groups (broad SMARTS) is 1. The van der Waals surface area contributed by atoms with Gasteiger partial charge in [-0.15, -0.1) is 0 Å². The molecule has 1 heterocycles. The maximum atomic E-state index is 10.7. The Morgan fingerprint density at radius 2 is 1.88 bits per heavy atom. The topological polar surface area (TPSA) is 52.6 Å². The quantitative estimate of drug-likeness (QED) is 0.505. The molecule has 4 nitrogen and oxygen atoms in total. The standard InChI is InChI=1S/C12H21NO3.Na/c1-11(2,3)16-9-8-12(9)4-6-13(7-5-12)10(14)15;/h9H,4-8H2,1-3H3,(H,14,15);/q;+1/p-1. The zero-order chi connectivity index (χ0) is 12.0. The third-order valence-corrected chi connectivity index (χ3v) is 3.63. The molecule has 1 aliphatic carbocycles. The maximum absolute atomic E-state index is 10.7. The molecule has 92 valence electrons. The molecule has 1 unspecified atom stereocenters. The van der Waals surface area contributed by atoms with Gasteiger partial charge in [-0.2, -0.15) is 0 Å². The minimum atomic E-state index is -1.04. The van der Waals surface area contributed by atoms with E-state index in [1.807, 2.05) is 0 Å². The molecule has 1 aliphatic heterocycles. The number of amides is 1. The van der Waals surface area contributed by atoms with E-state index in [9.17, 15) is 9.90 Å². The van der Waals surface area contributed by atoms with Crippen LogP contribution in [0, 0.1) is 5.41 Å². The molecular formula is C12H20NNaO3. The molecule has 0 aromatic carbocycles. The zero-order valence-electron chi connectivity index (χ0n) is 11.3. The van der Waals surface area contributed by atoms with E-state index in [4.69, 9.17) is 4.74 Å². The molecule has 1 spiro atoms. The van der Waals surface area contributed by atoms with Crippen LogP contribution in [0.15, 0.2) is 0 Å². The van der Waals surface area contributed by atoms with Crippen molar-refractivity contribution in [2.24, 2.45) is 5.41 Å². The van der Waals surface area contributed by atoms with Crippen molar-refractivity contribution in [1.29, 1.82) is 0 Å². The Hall–Kier alpha value is 0.230. The molecule has 1 amide bonds. The summed E-state index contributed by atoms with van der Waals surface area (Å²) in [6, 6.07) is 0. The zero-order valence-corrected chi connectivity index (χ0v) is 13.3. The molecule has 1 saturated carbocycles. The molecule has 1 atom stereocenters. The Morgan fingerprint density at radius 1 is 1.35 bits per heavy atom. The average Bonchev–Trinajstić information content (AvgIpc) is 2.75. The fourth-order valence-electron chi connectivity index (χ4n) is 2.56. The van der Waals surface area contributed by atoms with Gasteiger partial charge in [-0.25, -0.2) is 0 Å². The van der Waals surface area contributed by atoms with Gasteiger partial charge in [0.1, 0.15) is 6.09 Å². The number of rotatable bonds is 1. The van der Waals surface area contributed by atoms with Gasteiger partial charge in [0.05, 0.1) is 11.7 Å². The molecule has 0 aromatic heterocycles. The molecule has 0 N–H and O–H groups in total. The van der Waals surface area contributed by atoms with Crippen molar-refractivity contribution >= 4 is 6.09 Å². The predicted octanol–water partition coefficient (Wildman–Crippen LogP) is -2.00. The minimum Gasteiger partial charge on any atom is -0.530 e. The summed E-state index contributed by atoms with van der Waals surface area (Å²) in [5, 5.41) is 10.7. The van der Waals surface area contributed by atoms with Crippen LogP contribution < -0.4 is 34.7 Å². The van der Waals surface area contributed by atoms with Gasteiger partial charge >= 0.3 is 29.6 Å². The van der Waals surface area contributed by atoms with Gasteiger partial charge in [-0.1, -0.05) is 0 Å². The van der Waals surface area contributed by atoms with Crippen LogP contribution >= 0.6 is 0 Å².